The SMILES string of the molecule is CNc1ccc2ccc(CC[C@H]3C[C@@H](n4ccc5cncnc54)[C@@H]4OC(C)(Cc5cc(CC[C@H]6O[C@@H](n7ccc8cncnc87)[C@@H]7OC(C)(C)O[C@@H]76)cc6nc(NCc7ccc(Cl)cc7)ccc56)O[C@H]34)cc2n1. The van der Waals surface area contributed by atoms with Crippen LogP contribution in [0.2, 0.25) is 5.02 Å². The number of hydrogen-bond acceptors (Lipinski definition) is 13. The van der Waals surface area contributed by atoms with Gasteiger partial charge < -0.3 is 43.5 Å². The monoisotopic (exact) mass is 996 g/mol. The van der Waals surface area contributed by atoms with Crippen LogP contribution in [0.3, 0.4) is 0 Å². The van der Waals surface area contributed by atoms with Crippen molar-refractivity contribution in [1.29, 1.82) is 0 Å². The molecule has 73 heavy (non-hydrogen) atoms. The van der Waals surface area contributed by atoms with Crippen LogP contribution < -0.4 is 10.6 Å². The lowest BCUT2D eigenvalue weighted by Crippen LogP contribution is -2.32. The molecule has 1 aliphatic carbocycles. The standard InChI is InChI=1S/C57H57ClN10O5/c1-56(2)70-51-46(69-55(52(51)71-56)68-22-20-39-30-61-32-64-54(39)68)16-9-35-23-40(42-15-18-48(66-44(42)25-35)62-28-34-7-13-41(58)14-8-34)27-57(3)72-49-37(11-6-33-5-10-36-12-17-47(59-4)65-43(36)24-33)26-45(50(49)73-57)67-21-19-38-29-60-31-63-53(38)67/h5,7-8,10,12-15,17-25,29-32,37,45-46,49-52,55H,6,9,11,16,26-28H2,1-4H3,(H,59,65)(H,62,66)/t37-,45+,46+,49+,50-,51+,52+,55+,57?/m0/s1. The third-order valence-corrected chi connectivity index (χ3v) is 15.6. The first-order valence-corrected chi connectivity index (χ1v) is 25.8. The third kappa shape index (κ3) is 8.85. The van der Waals surface area contributed by atoms with Crippen molar-refractivity contribution in [3.05, 3.63) is 156 Å². The van der Waals surface area contributed by atoms with Crippen LogP contribution in [0.1, 0.15) is 74.6 Å². The molecule has 13 rings (SSSR count). The first-order valence-electron chi connectivity index (χ1n) is 25.4. The number of hydrogen-bond donors (Lipinski definition) is 2. The van der Waals surface area contributed by atoms with Crippen molar-refractivity contribution in [2.75, 3.05) is 17.7 Å². The summed E-state index contributed by atoms with van der Waals surface area (Å²) in [5.74, 6) is 0.171. The smallest absolute Gasteiger partial charge is 0.170 e. The average Bonchev–Trinajstić information content (AvgIpc) is 4.26. The summed E-state index contributed by atoms with van der Waals surface area (Å²) in [6, 6.07) is 31.5. The van der Waals surface area contributed by atoms with E-state index in [0.29, 0.717) is 30.8 Å². The van der Waals surface area contributed by atoms with Crippen molar-refractivity contribution in [2.24, 2.45) is 5.92 Å². The zero-order valence-corrected chi connectivity index (χ0v) is 41.9. The Labute approximate surface area is 427 Å². The molecule has 6 aromatic heterocycles. The number of aromatic nitrogens is 8. The molecule has 0 radical (unpaired) electrons. The minimum absolute atomic E-state index is 0.0162. The Bertz CT molecular complexity index is 3510. The number of aryl methyl sites for hydroxylation is 2. The summed E-state index contributed by atoms with van der Waals surface area (Å²) in [7, 11) is 1.90. The zero-order chi connectivity index (χ0) is 49.4. The molecule has 16 heteroatoms. The van der Waals surface area contributed by atoms with E-state index < -0.39 is 17.8 Å². The molecule has 9 heterocycles. The van der Waals surface area contributed by atoms with Crippen LogP contribution in [0.4, 0.5) is 11.6 Å². The highest BCUT2D eigenvalue weighted by atomic mass is 35.5. The molecule has 3 aromatic carbocycles. The Hall–Kier alpha value is -6.59. The van der Waals surface area contributed by atoms with E-state index in [-0.39, 0.29) is 42.5 Å². The molecule has 1 unspecified atom stereocenters. The topological polar surface area (TPSA) is 157 Å². The fourth-order valence-corrected chi connectivity index (χ4v) is 12.2. The zero-order valence-electron chi connectivity index (χ0n) is 41.2. The molecule has 4 aliphatic rings. The van der Waals surface area contributed by atoms with E-state index in [9.17, 15) is 0 Å². The van der Waals surface area contributed by atoms with Gasteiger partial charge in [0.15, 0.2) is 17.8 Å². The number of nitrogens with one attached hydrogen (secondary N) is 2. The number of anilines is 2. The second kappa shape index (κ2) is 18.4. The van der Waals surface area contributed by atoms with Crippen LogP contribution in [-0.2, 0) is 49.5 Å². The molecular formula is C57H57ClN10O5. The first kappa shape index (κ1) is 46.2. The van der Waals surface area contributed by atoms with Crippen LogP contribution in [0.25, 0.3) is 43.9 Å². The fraction of sp³-hybridized carbons (Fsp3) is 0.368. The predicted molar refractivity (Wildman–Crippen MR) is 280 cm³/mol. The lowest BCUT2D eigenvalue weighted by molar-refractivity contribution is -0.196. The Morgan fingerprint density at radius 3 is 2.15 bits per heavy atom. The molecule has 4 fully saturated rings. The van der Waals surface area contributed by atoms with Crippen molar-refractivity contribution >= 4 is 67.1 Å². The summed E-state index contributed by atoms with van der Waals surface area (Å²) in [5, 5.41) is 11.6. The van der Waals surface area contributed by atoms with Gasteiger partial charge >= 0.3 is 0 Å². The number of rotatable bonds is 14. The Kier molecular flexibility index (Phi) is 11.7. The van der Waals surface area contributed by atoms with E-state index in [0.717, 1.165) is 91.5 Å². The number of nitrogens with zero attached hydrogens (tertiary/aromatic N) is 8. The van der Waals surface area contributed by atoms with Gasteiger partial charge in [-0.05, 0) is 142 Å². The number of pyridine rings is 2. The molecule has 372 valence electrons. The Morgan fingerprint density at radius 2 is 1.34 bits per heavy atom. The van der Waals surface area contributed by atoms with Crippen LogP contribution >= 0.6 is 11.6 Å². The van der Waals surface area contributed by atoms with Gasteiger partial charge in [-0.3, -0.25) is 0 Å². The maximum atomic E-state index is 7.32. The number of halogens is 1. The quantitative estimate of drug-likeness (QED) is 0.106. The second-order valence-electron chi connectivity index (χ2n) is 20.8. The van der Waals surface area contributed by atoms with Crippen molar-refractivity contribution < 1.29 is 23.7 Å². The van der Waals surface area contributed by atoms with Crippen LogP contribution in [0, 0.1) is 5.92 Å². The number of ether oxygens (including phenoxy) is 5. The van der Waals surface area contributed by atoms with Gasteiger partial charge in [-0.1, -0.05) is 41.9 Å². The molecule has 9 atom stereocenters. The van der Waals surface area contributed by atoms with E-state index in [4.69, 9.17) is 50.2 Å². The molecule has 0 amide bonds. The van der Waals surface area contributed by atoms with E-state index in [2.05, 4.69) is 102 Å². The maximum absolute atomic E-state index is 7.32. The van der Waals surface area contributed by atoms with E-state index >= 15 is 0 Å². The highest BCUT2D eigenvalue weighted by Crippen LogP contribution is 2.51. The highest BCUT2D eigenvalue weighted by molar-refractivity contribution is 6.30. The summed E-state index contributed by atoms with van der Waals surface area (Å²) in [4.78, 5) is 28.0. The fourth-order valence-electron chi connectivity index (χ4n) is 12.0. The second-order valence-corrected chi connectivity index (χ2v) is 21.2. The van der Waals surface area contributed by atoms with E-state index in [1.165, 1.54) is 5.56 Å². The molecule has 0 spiro atoms. The summed E-state index contributed by atoms with van der Waals surface area (Å²) in [6.45, 7) is 6.66. The maximum Gasteiger partial charge on any atom is 0.170 e. The van der Waals surface area contributed by atoms with E-state index in [1.54, 1.807) is 12.7 Å². The van der Waals surface area contributed by atoms with Gasteiger partial charge in [-0.2, -0.15) is 0 Å². The lowest BCUT2D eigenvalue weighted by atomic mass is 9.94. The van der Waals surface area contributed by atoms with Gasteiger partial charge in [0.2, 0.25) is 0 Å². The van der Waals surface area contributed by atoms with Crippen molar-refractivity contribution in [1.82, 2.24) is 39.0 Å². The Morgan fingerprint density at radius 1 is 0.658 bits per heavy atom. The van der Waals surface area contributed by atoms with Gasteiger partial charge in [0, 0.05) is 71.4 Å². The van der Waals surface area contributed by atoms with Crippen molar-refractivity contribution in [3.63, 3.8) is 0 Å². The number of fused-ring (bicyclic) bond motifs is 6. The Balaban J connectivity index is 0.805. The third-order valence-electron chi connectivity index (χ3n) is 15.4. The average molecular weight is 998 g/mol. The van der Waals surface area contributed by atoms with E-state index in [1.807, 2.05) is 75.9 Å². The minimum atomic E-state index is -0.934. The van der Waals surface area contributed by atoms with Crippen molar-refractivity contribution in [2.45, 2.75) is 120 Å². The lowest BCUT2D eigenvalue weighted by Gasteiger charge is -2.29. The van der Waals surface area contributed by atoms with Gasteiger partial charge in [-0.25, -0.2) is 29.9 Å². The van der Waals surface area contributed by atoms with Crippen LogP contribution in [0.15, 0.2) is 128 Å². The largest absolute Gasteiger partial charge is 0.373 e. The molecule has 0 bridgehead atoms. The van der Waals surface area contributed by atoms with Gasteiger partial charge in [0.1, 0.15) is 53.9 Å². The highest BCUT2D eigenvalue weighted by Gasteiger charge is 2.57. The van der Waals surface area contributed by atoms with Gasteiger partial charge in [0.05, 0.1) is 29.3 Å². The molecule has 2 N–H and O–H groups in total. The molecule has 3 aliphatic heterocycles. The van der Waals surface area contributed by atoms with Gasteiger partial charge in [-0.15, -0.1) is 0 Å². The predicted octanol–water partition coefficient (Wildman–Crippen LogP) is 10.6. The van der Waals surface area contributed by atoms with Crippen LogP contribution in [0.5, 0.6) is 0 Å². The summed E-state index contributed by atoms with van der Waals surface area (Å²) in [5.41, 5.74) is 8.18. The van der Waals surface area contributed by atoms with Crippen LogP contribution in [-0.4, -0.2) is 88.2 Å². The minimum Gasteiger partial charge on any atom is -0.373 e. The first-order chi connectivity index (χ1) is 35.5. The van der Waals surface area contributed by atoms with Gasteiger partial charge in [0.25, 0.3) is 0 Å². The normalized spacial score (nSPS) is 26.3. The molecule has 9 aromatic rings. The molecule has 1 saturated carbocycles. The number of benzene rings is 3. The van der Waals surface area contributed by atoms with Crippen molar-refractivity contribution in [3.8, 4) is 0 Å². The summed E-state index contributed by atoms with van der Waals surface area (Å²) < 4.78 is 39.0. The summed E-state index contributed by atoms with van der Waals surface area (Å²) >= 11 is 6.21. The summed E-state index contributed by atoms with van der Waals surface area (Å²) in [6.07, 6.45) is 14.1. The molecular weight excluding hydrogens is 940 g/mol. The molecule has 15 nitrogen and oxygen atoms in total. The molecule has 3 saturated heterocycles.